The van der Waals surface area contributed by atoms with Gasteiger partial charge in [0.15, 0.2) is 0 Å². The van der Waals surface area contributed by atoms with Crippen LogP contribution in [0, 0.1) is 0 Å². The van der Waals surface area contributed by atoms with E-state index in [0.717, 1.165) is 10.5 Å². The van der Waals surface area contributed by atoms with Crippen LogP contribution in [0.4, 0.5) is 13.2 Å². The van der Waals surface area contributed by atoms with Gasteiger partial charge in [-0.25, -0.2) is 0 Å². The summed E-state index contributed by atoms with van der Waals surface area (Å²) in [4.78, 5) is 15.5. The third kappa shape index (κ3) is 3.98. The number of ether oxygens (including phenoxy) is 1. The highest BCUT2D eigenvalue weighted by Gasteiger charge is 2.47. The Morgan fingerprint density at radius 3 is 2.56 bits per heavy atom. The average molecular weight is 356 g/mol. The Morgan fingerprint density at radius 2 is 1.92 bits per heavy atom. The van der Waals surface area contributed by atoms with Crippen molar-refractivity contribution >= 4 is 5.91 Å². The molecule has 0 N–H and O–H groups in total. The Kier molecular flexibility index (Phi) is 4.81. The number of alkyl halides is 3. The van der Waals surface area contributed by atoms with Gasteiger partial charge >= 0.3 is 6.18 Å². The number of likely N-dealkylation sites (tertiary alicyclic amines) is 1. The van der Waals surface area contributed by atoms with Gasteiger partial charge < -0.3 is 9.64 Å². The number of carbonyl (C=O) groups is 1. The van der Waals surface area contributed by atoms with Gasteiger partial charge in [0.25, 0.3) is 0 Å². The molecule has 3 rings (SSSR count). The van der Waals surface area contributed by atoms with Gasteiger partial charge in [-0.2, -0.15) is 13.2 Å². The molecule has 4 nitrogen and oxygen atoms in total. The van der Waals surface area contributed by atoms with Crippen molar-refractivity contribution in [3.05, 3.63) is 35.9 Å². The van der Waals surface area contributed by atoms with Crippen molar-refractivity contribution in [2.24, 2.45) is 0 Å². The van der Waals surface area contributed by atoms with Crippen LogP contribution in [-0.2, 0) is 9.53 Å². The summed E-state index contributed by atoms with van der Waals surface area (Å²) in [5.41, 5.74) is 0.612. The zero-order chi connectivity index (χ0) is 18.2. The van der Waals surface area contributed by atoms with Gasteiger partial charge in [-0.05, 0) is 25.8 Å². The highest BCUT2D eigenvalue weighted by molar-refractivity contribution is 5.84. The predicted molar refractivity (Wildman–Crippen MR) is 87.0 cm³/mol. The van der Waals surface area contributed by atoms with Crippen molar-refractivity contribution in [1.29, 1.82) is 0 Å². The first kappa shape index (κ1) is 18.2. The van der Waals surface area contributed by atoms with Gasteiger partial charge in [0.1, 0.15) is 6.54 Å². The van der Waals surface area contributed by atoms with Crippen LogP contribution in [0.5, 0.6) is 0 Å². The molecule has 7 heteroatoms. The first-order chi connectivity index (χ1) is 11.7. The molecule has 0 radical (unpaired) electrons. The van der Waals surface area contributed by atoms with Gasteiger partial charge in [0, 0.05) is 18.6 Å². The standard InChI is InChI=1S/C18H23F3N2O2/c1-17(2)12-25-15(13-6-4-3-5-7-13)10-23(17)14-8-9-22(16(14)24)11-18(19,20)21/h3-7,14-15H,8-12H2,1-2H3. The second-order valence-corrected chi connectivity index (χ2v) is 7.35. The summed E-state index contributed by atoms with van der Waals surface area (Å²) in [7, 11) is 0. The van der Waals surface area contributed by atoms with Crippen LogP contribution >= 0.6 is 0 Å². The van der Waals surface area contributed by atoms with Crippen LogP contribution in [0.25, 0.3) is 0 Å². The van der Waals surface area contributed by atoms with Gasteiger partial charge in [-0.3, -0.25) is 9.69 Å². The zero-order valence-corrected chi connectivity index (χ0v) is 14.4. The van der Waals surface area contributed by atoms with Crippen LogP contribution in [0.3, 0.4) is 0 Å². The lowest BCUT2D eigenvalue weighted by Gasteiger charge is -2.47. The summed E-state index contributed by atoms with van der Waals surface area (Å²) in [6, 6.07) is 9.18. The average Bonchev–Trinajstić information content (AvgIpc) is 2.87. The molecular formula is C18H23F3N2O2. The maximum atomic E-state index is 12.7. The molecule has 1 aromatic carbocycles. The molecule has 0 bridgehead atoms. The second-order valence-electron chi connectivity index (χ2n) is 7.35. The molecule has 2 aliphatic rings. The Balaban J connectivity index is 1.76. The minimum absolute atomic E-state index is 0.145. The van der Waals surface area contributed by atoms with Gasteiger partial charge in [0.05, 0.1) is 18.8 Å². The van der Waals surface area contributed by atoms with E-state index in [0.29, 0.717) is 19.6 Å². The first-order valence-electron chi connectivity index (χ1n) is 8.46. The molecule has 2 unspecified atom stereocenters. The lowest BCUT2D eigenvalue weighted by Crippen LogP contribution is -2.59. The smallest absolute Gasteiger partial charge is 0.370 e. The molecule has 0 saturated carbocycles. The Hall–Kier alpha value is -1.60. The normalized spacial score (nSPS) is 27.7. The molecule has 1 amide bonds. The first-order valence-corrected chi connectivity index (χ1v) is 8.46. The van der Waals surface area contributed by atoms with Crippen LogP contribution in [0.15, 0.2) is 30.3 Å². The fraction of sp³-hybridized carbons (Fsp3) is 0.611. The summed E-state index contributed by atoms with van der Waals surface area (Å²) in [6.07, 6.45) is -4.13. The van der Waals surface area contributed by atoms with Crippen molar-refractivity contribution in [3.63, 3.8) is 0 Å². The lowest BCUT2D eigenvalue weighted by molar-refractivity contribution is -0.163. The third-order valence-electron chi connectivity index (χ3n) is 4.96. The Bertz CT molecular complexity index is 618. The number of nitrogens with zero attached hydrogens (tertiary/aromatic N) is 2. The van der Waals surface area contributed by atoms with Gasteiger partial charge in [-0.1, -0.05) is 30.3 Å². The summed E-state index contributed by atoms with van der Waals surface area (Å²) >= 11 is 0. The molecule has 1 aromatic rings. The number of benzene rings is 1. The summed E-state index contributed by atoms with van der Waals surface area (Å²) in [5, 5.41) is 0. The number of carbonyl (C=O) groups excluding carboxylic acids is 1. The quantitative estimate of drug-likeness (QED) is 0.835. The summed E-state index contributed by atoms with van der Waals surface area (Å²) in [6.45, 7) is 3.83. The van der Waals surface area contributed by atoms with Crippen LogP contribution in [0.1, 0.15) is 31.9 Å². The third-order valence-corrected chi connectivity index (χ3v) is 4.96. The monoisotopic (exact) mass is 356 g/mol. The van der Waals surface area contributed by atoms with Crippen molar-refractivity contribution in [2.45, 2.75) is 44.1 Å². The number of halogens is 3. The van der Waals surface area contributed by atoms with E-state index < -0.39 is 30.2 Å². The number of amides is 1. The van der Waals surface area contributed by atoms with Crippen LogP contribution in [0.2, 0.25) is 0 Å². The largest absolute Gasteiger partial charge is 0.406 e. The predicted octanol–water partition coefficient (Wildman–Crippen LogP) is 3.00. The second kappa shape index (κ2) is 6.61. The molecule has 0 spiro atoms. The minimum atomic E-state index is -4.36. The fourth-order valence-electron chi connectivity index (χ4n) is 3.67. The molecular weight excluding hydrogens is 333 g/mol. The molecule has 138 valence electrons. The highest BCUT2D eigenvalue weighted by Crippen LogP contribution is 2.35. The van der Waals surface area contributed by atoms with E-state index in [1.54, 1.807) is 0 Å². The number of hydrogen-bond acceptors (Lipinski definition) is 3. The number of rotatable bonds is 3. The molecule has 0 aromatic heterocycles. The van der Waals surface area contributed by atoms with E-state index in [9.17, 15) is 18.0 Å². The van der Waals surface area contributed by atoms with E-state index >= 15 is 0 Å². The van der Waals surface area contributed by atoms with Crippen molar-refractivity contribution < 1.29 is 22.7 Å². The van der Waals surface area contributed by atoms with Gasteiger partial charge in [-0.15, -0.1) is 0 Å². The van der Waals surface area contributed by atoms with Crippen molar-refractivity contribution in [1.82, 2.24) is 9.80 Å². The SMILES string of the molecule is CC1(C)COC(c2ccccc2)CN1C1CCN(CC(F)(F)F)C1=O. The van der Waals surface area contributed by atoms with E-state index in [-0.39, 0.29) is 12.6 Å². The van der Waals surface area contributed by atoms with Crippen LogP contribution < -0.4 is 0 Å². The molecule has 2 atom stereocenters. The Morgan fingerprint density at radius 1 is 1.24 bits per heavy atom. The minimum Gasteiger partial charge on any atom is -0.370 e. The summed E-state index contributed by atoms with van der Waals surface area (Å²) < 4.78 is 43.9. The lowest BCUT2D eigenvalue weighted by atomic mass is 9.95. The van der Waals surface area contributed by atoms with E-state index in [2.05, 4.69) is 0 Å². The maximum Gasteiger partial charge on any atom is 0.406 e. The molecule has 25 heavy (non-hydrogen) atoms. The van der Waals surface area contributed by atoms with Gasteiger partial charge in [0.2, 0.25) is 5.91 Å². The fourth-order valence-corrected chi connectivity index (χ4v) is 3.67. The van der Waals surface area contributed by atoms with Crippen LogP contribution in [-0.4, -0.2) is 59.7 Å². The topological polar surface area (TPSA) is 32.8 Å². The number of morpholine rings is 1. The Labute approximate surface area is 145 Å². The molecule has 2 saturated heterocycles. The molecule has 0 aliphatic carbocycles. The van der Waals surface area contributed by atoms with Crippen molar-refractivity contribution in [3.8, 4) is 0 Å². The maximum absolute atomic E-state index is 12.7. The van der Waals surface area contributed by atoms with E-state index in [1.807, 2.05) is 49.1 Å². The van der Waals surface area contributed by atoms with Crippen molar-refractivity contribution in [2.75, 3.05) is 26.2 Å². The highest BCUT2D eigenvalue weighted by atomic mass is 19.4. The van der Waals surface area contributed by atoms with E-state index in [4.69, 9.17) is 4.74 Å². The van der Waals surface area contributed by atoms with E-state index in [1.165, 1.54) is 0 Å². The molecule has 2 heterocycles. The molecule has 2 fully saturated rings. The zero-order valence-electron chi connectivity index (χ0n) is 14.4. The number of hydrogen-bond donors (Lipinski definition) is 0. The molecule has 2 aliphatic heterocycles. The summed E-state index contributed by atoms with van der Waals surface area (Å²) in [5.74, 6) is -0.431.